The summed E-state index contributed by atoms with van der Waals surface area (Å²) in [7, 11) is 0. The van der Waals surface area contributed by atoms with E-state index in [1.807, 2.05) is 31.2 Å². The van der Waals surface area contributed by atoms with Crippen LogP contribution in [0.4, 0.5) is 5.69 Å². The van der Waals surface area contributed by atoms with Crippen LogP contribution in [-0.2, 0) is 11.2 Å². The number of nitro groups is 1. The van der Waals surface area contributed by atoms with Gasteiger partial charge in [-0.3, -0.25) is 14.9 Å². The number of non-ortho nitro benzene ring substituents is 1. The minimum absolute atomic E-state index is 0.00598. The molecule has 0 bridgehead atoms. The zero-order valence-electron chi connectivity index (χ0n) is 13.8. The fourth-order valence-electron chi connectivity index (χ4n) is 2.01. The van der Waals surface area contributed by atoms with E-state index in [4.69, 9.17) is 4.74 Å². The standard InChI is InChI=1S/C18H19N3O4/c1-2-11-25-17-9-5-15(6-10-17)13-19-20-18(22)12-14-3-7-16(8-4-14)21(23)24/h3-10,13H,2,11-12H2,1H3,(H,20,22). The monoisotopic (exact) mass is 341 g/mol. The molecule has 0 atom stereocenters. The number of nitrogens with zero attached hydrogens (tertiary/aromatic N) is 2. The molecule has 25 heavy (non-hydrogen) atoms. The Morgan fingerprint density at radius 2 is 1.88 bits per heavy atom. The van der Waals surface area contributed by atoms with E-state index in [0.717, 1.165) is 17.7 Å². The Morgan fingerprint density at radius 3 is 2.48 bits per heavy atom. The first-order valence-electron chi connectivity index (χ1n) is 7.86. The molecule has 0 unspecified atom stereocenters. The van der Waals surface area contributed by atoms with Crippen LogP contribution in [0.3, 0.4) is 0 Å². The first kappa shape index (κ1) is 18.1. The average molecular weight is 341 g/mol. The van der Waals surface area contributed by atoms with Gasteiger partial charge in [0, 0.05) is 12.1 Å². The number of carbonyl (C=O) groups is 1. The van der Waals surface area contributed by atoms with E-state index in [1.54, 1.807) is 12.1 Å². The predicted octanol–water partition coefficient (Wildman–Crippen LogP) is 3.08. The summed E-state index contributed by atoms with van der Waals surface area (Å²) in [6.07, 6.45) is 2.58. The smallest absolute Gasteiger partial charge is 0.269 e. The number of nitrogens with one attached hydrogen (secondary N) is 1. The number of rotatable bonds is 8. The number of amides is 1. The highest BCUT2D eigenvalue weighted by Gasteiger charge is 2.06. The van der Waals surface area contributed by atoms with Crippen molar-refractivity contribution in [2.24, 2.45) is 5.10 Å². The second-order valence-corrected chi connectivity index (χ2v) is 5.31. The molecule has 7 heteroatoms. The summed E-state index contributed by atoms with van der Waals surface area (Å²) in [6, 6.07) is 13.2. The fraction of sp³-hybridized carbons (Fsp3) is 0.222. The Hall–Kier alpha value is -3.22. The van der Waals surface area contributed by atoms with Gasteiger partial charge < -0.3 is 4.74 Å². The number of hydrazone groups is 1. The van der Waals surface area contributed by atoms with Crippen LogP contribution in [0.1, 0.15) is 24.5 Å². The van der Waals surface area contributed by atoms with E-state index in [9.17, 15) is 14.9 Å². The van der Waals surface area contributed by atoms with Gasteiger partial charge in [-0.25, -0.2) is 5.43 Å². The van der Waals surface area contributed by atoms with Gasteiger partial charge in [0.25, 0.3) is 5.69 Å². The van der Waals surface area contributed by atoms with Gasteiger partial charge in [-0.1, -0.05) is 19.1 Å². The van der Waals surface area contributed by atoms with Gasteiger partial charge in [0.1, 0.15) is 5.75 Å². The molecule has 130 valence electrons. The summed E-state index contributed by atoms with van der Waals surface area (Å²) in [5.41, 5.74) is 3.93. The van der Waals surface area contributed by atoms with Crippen LogP contribution in [-0.4, -0.2) is 23.7 Å². The van der Waals surface area contributed by atoms with E-state index in [1.165, 1.54) is 18.3 Å². The number of benzene rings is 2. The molecule has 2 rings (SSSR count). The Labute approximate surface area is 145 Å². The molecule has 0 aliphatic rings. The molecule has 0 radical (unpaired) electrons. The SMILES string of the molecule is CCCOc1ccc(C=NNC(=O)Cc2ccc([N+](=O)[O-])cc2)cc1. The Balaban J connectivity index is 1.82. The molecule has 0 aliphatic carbocycles. The molecule has 7 nitrogen and oxygen atoms in total. The van der Waals surface area contributed by atoms with E-state index in [0.29, 0.717) is 12.2 Å². The van der Waals surface area contributed by atoms with Crippen molar-refractivity contribution in [3.63, 3.8) is 0 Å². The number of carbonyl (C=O) groups excluding carboxylic acids is 1. The number of nitro benzene ring substituents is 1. The summed E-state index contributed by atoms with van der Waals surface area (Å²) in [4.78, 5) is 21.9. The van der Waals surface area contributed by atoms with Crippen molar-refractivity contribution in [1.82, 2.24) is 5.43 Å². The zero-order valence-corrected chi connectivity index (χ0v) is 13.8. The second kappa shape index (κ2) is 9.17. The molecule has 0 fully saturated rings. The largest absolute Gasteiger partial charge is 0.494 e. The molecule has 1 amide bonds. The Kier molecular flexibility index (Phi) is 6.65. The van der Waals surface area contributed by atoms with Crippen molar-refractivity contribution in [3.05, 3.63) is 69.8 Å². The molecule has 0 spiro atoms. The van der Waals surface area contributed by atoms with Gasteiger partial charge in [-0.2, -0.15) is 5.10 Å². The van der Waals surface area contributed by atoms with Crippen LogP contribution in [0.25, 0.3) is 0 Å². The van der Waals surface area contributed by atoms with Crippen LogP contribution in [0.2, 0.25) is 0 Å². The molecular formula is C18H19N3O4. The lowest BCUT2D eigenvalue weighted by Crippen LogP contribution is -2.19. The third-order valence-electron chi connectivity index (χ3n) is 3.27. The molecular weight excluding hydrogens is 322 g/mol. The second-order valence-electron chi connectivity index (χ2n) is 5.31. The van der Waals surface area contributed by atoms with Crippen molar-refractivity contribution < 1.29 is 14.5 Å². The fourth-order valence-corrected chi connectivity index (χ4v) is 2.01. The van der Waals surface area contributed by atoms with Gasteiger partial charge >= 0.3 is 0 Å². The lowest BCUT2D eigenvalue weighted by Gasteiger charge is -2.04. The van der Waals surface area contributed by atoms with E-state index >= 15 is 0 Å². The van der Waals surface area contributed by atoms with E-state index in [2.05, 4.69) is 10.5 Å². The van der Waals surface area contributed by atoms with Crippen molar-refractivity contribution in [2.45, 2.75) is 19.8 Å². The summed E-state index contributed by atoms with van der Waals surface area (Å²) in [5.74, 6) is 0.495. The minimum atomic E-state index is -0.479. The molecule has 0 aliphatic heterocycles. The van der Waals surface area contributed by atoms with Crippen LogP contribution < -0.4 is 10.2 Å². The highest BCUT2D eigenvalue weighted by atomic mass is 16.6. The van der Waals surface area contributed by atoms with Crippen LogP contribution in [0.15, 0.2) is 53.6 Å². The topological polar surface area (TPSA) is 93.8 Å². The van der Waals surface area contributed by atoms with Crippen molar-refractivity contribution >= 4 is 17.8 Å². The van der Waals surface area contributed by atoms with Crippen LogP contribution >= 0.6 is 0 Å². The van der Waals surface area contributed by atoms with Gasteiger partial charge in [-0.05, 0) is 41.8 Å². The molecule has 0 heterocycles. The maximum absolute atomic E-state index is 11.8. The van der Waals surface area contributed by atoms with Crippen molar-refractivity contribution in [1.29, 1.82) is 0 Å². The zero-order chi connectivity index (χ0) is 18.1. The quantitative estimate of drug-likeness (QED) is 0.453. The summed E-state index contributed by atoms with van der Waals surface area (Å²) < 4.78 is 5.49. The summed E-state index contributed by atoms with van der Waals surface area (Å²) in [6.45, 7) is 2.71. The number of ether oxygens (including phenoxy) is 1. The number of hydrogen-bond acceptors (Lipinski definition) is 5. The molecule has 2 aromatic carbocycles. The molecule has 1 N–H and O–H groups in total. The Bertz CT molecular complexity index is 740. The molecule has 0 aromatic heterocycles. The van der Waals surface area contributed by atoms with Crippen molar-refractivity contribution in [2.75, 3.05) is 6.61 Å². The van der Waals surface area contributed by atoms with Crippen molar-refractivity contribution in [3.8, 4) is 5.75 Å². The van der Waals surface area contributed by atoms with Gasteiger partial charge in [0.2, 0.25) is 5.91 Å². The average Bonchev–Trinajstić information content (AvgIpc) is 2.61. The van der Waals surface area contributed by atoms with E-state index in [-0.39, 0.29) is 18.0 Å². The maximum Gasteiger partial charge on any atom is 0.269 e. The summed E-state index contributed by atoms with van der Waals surface area (Å²) >= 11 is 0. The molecule has 2 aromatic rings. The van der Waals surface area contributed by atoms with Gasteiger partial charge in [0.15, 0.2) is 0 Å². The van der Waals surface area contributed by atoms with Gasteiger partial charge in [-0.15, -0.1) is 0 Å². The first-order chi connectivity index (χ1) is 12.1. The molecule has 0 saturated heterocycles. The van der Waals surface area contributed by atoms with E-state index < -0.39 is 4.92 Å². The highest BCUT2D eigenvalue weighted by molar-refractivity contribution is 5.83. The van der Waals surface area contributed by atoms with Crippen LogP contribution in [0.5, 0.6) is 5.75 Å². The maximum atomic E-state index is 11.8. The summed E-state index contributed by atoms with van der Waals surface area (Å²) in [5, 5.41) is 14.5. The lowest BCUT2D eigenvalue weighted by molar-refractivity contribution is -0.384. The minimum Gasteiger partial charge on any atom is -0.494 e. The number of hydrogen-bond donors (Lipinski definition) is 1. The van der Waals surface area contributed by atoms with Crippen LogP contribution in [0, 0.1) is 10.1 Å². The third-order valence-corrected chi connectivity index (χ3v) is 3.27. The van der Waals surface area contributed by atoms with Gasteiger partial charge in [0.05, 0.1) is 24.2 Å². The third kappa shape index (κ3) is 6.06. The predicted molar refractivity (Wildman–Crippen MR) is 94.8 cm³/mol. The molecule has 0 saturated carbocycles. The highest BCUT2D eigenvalue weighted by Crippen LogP contribution is 2.12. The first-order valence-corrected chi connectivity index (χ1v) is 7.86. The normalized spacial score (nSPS) is 10.6. The Morgan fingerprint density at radius 1 is 1.20 bits per heavy atom. The lowest BCUT2D eigenvalue weighted by atomic mass is 10.1.